The van der Waals surface area contributed by atoms with Gasteiger partial charge in [-0.15, -0.1) is 0 Å². The minimum atomic E-state index is 0.598. The number of fused-ring (bicyclic) bond motifs is 1. The van der Waals surface area contributed by atoms with Crippen molar-refractivity contribution >= 4 is 11.8 Å². The largest absolute Gasteiger partial charge is 0.493 e. The van der Waals surface area contributed by atoms with E-state index in [0.717, 1.165) is 35.1 Å². The summed E-state index contributed by atoms with van der Waals surface area (Å²) in [6.07, 6.45) is 3.90. The Morgan fingerprint density at radius 3 is 2.64 bits per heavy atom. The second-order valence-corrected chi connectivity index (χ2v) is 5.18. The van der Waals surface area contributed by atoms with Gasteiger partial charge in [0.1, 0.15) is 5.75 Å². The molecule has 0 radical (unpaired) electrons. The average Bonchev–Trinajstić information content (AvgIpc) is 2.93. The summed E-state index contributed by atoms with van der Waals surface area (Å²) in [5, 5.41) is 0. The highest BCUT2D eigenvalue weighted by Gasteiger charge is 2.15. The standard InChI is InChI=1S/C19H19NO2/c1-3-14-9-10-15-11-17(18(13-21)20(15)12-14)16-7-5-6-8-19(16)22-4-2/h5-13H,3-4H2,1-2H3. The van der Waals surface area contributed by atoms with Crippen molar-refractivity contribution in [2.45, 2.75) is 20.3 Å². The highest BCUT2D eigenvalue weighted by molar-refractivity contribution is 5.91. The summed E-state index contributed by atoms with van der Waals surface area (Å²) in [5.41, 5.74) is 4.74. The Morgan fingerprint density at radius 2 is 1.91 bits per heavy atom. The summed E-state index contributed by atoms with van der Waals surface area (Å²) in [7, 11) is 0. The van der Waals surface area contributed by atoms with Crippen LogP contribution in [0.5, 0.6) is 5.75 Å². The third-order valence-corrected chi connectivity index (χ3v) is 3.87. The summed E-state index contributed by atoms with van der Waals surface area (Å²) in [6, 6.07) is 14.0. The number of aromatic nitrogens is 1. The van der Waals surface area contributed by atoms with E-state index in [2.05, 4.69) is 19.1 Å². The van der Waals surface area contributed by atoms with Crippen LogP contribution in [0.25, 0.3) is 16.6 Å². The lowest BCUT2D eigenvalue weighted by Gasteiger charge is -2.09. The van der Waals surface area contributed by atoms with Crippen LogP contribution in [-0.2, 0) is 6.42 Å². The molecule has 0 amide bonds. The van der Waals surface area contributed by atoms with Crippen LogP contribution >= 0.6 is 0 Å². The molecule has 2 heterocycles. The monoisotopic (exact) mass is 293 g/mol. The van der Waals surface area contributed by atoms with Gasteiger partial charge in [0.05, 0.1) is 12.3 Å². The topological polar surface area (TPSA) is 30.7 Å². The fourth-order valence-electron chi connectivity index (χ4n) is 2.75. The summed E-state index contributed by atoms with van der Waals surface area (Å²) >= 11 is 0. The Balaban J connectivity index is 2.25. The molecular formula is C19H19NO2. The molecule has 0 unspecified atom stereocenters. The number of pyridine rings is 1. The Hall–Kier alpha value is -2.55. The Morgan fingerprint density at radius 1 is 1.09 bits per heavy atom. The molecule has 3 heteroatoms. The molecule has 3 nitrogen and oxygen atoms in total. The minimum absolute atomic E-state index is 0.598. The van der Waals surface area contributed by atoms with E-state index in [9.17, 15) is 4.79 Å². The summed E-state index contributed by atoms with van der Waals surface area (Å²) in [5.74, 6) is 0.805. The number of carbonyl (C=O) groups is 1. The molecule has 0 N–H and O–H groups in total. The van der Waals surface area contributed by atoms with Gasteiger partial charge >= 0.3 is 0 Å². The lowest BCUT2D eigenvalue weighted by atomic mass is 10.1. The van der Waals surface area contributed by atoms with Crippen molar-refractivity contribution in [2.75, 3.05) is 6.61 Å². The quantitative estimate of drug-likeness (QED) is 0.654. The van der Waals surface area contributed by atoms with Crippen LogP contribution in [0.1, 0.15) is 29.9 Å². The molecule has 0 fully saturated rings. The van der Waals surface area contributed by atoms with E-state index in [1.54, 1.807) is 0 Å². The van der Waals surface area contributed by atoms with Crippen LogP contribution in [0.15, 0.2) is 48.7 Å². The number of hydrogen-bond acceptors (Lipinski definition) is 2. The second-order valence-electron chi connectivity index (χ2n) is 5.18. The minimum Gasteiger partial charge on any atom is -0.493 e. The molecule has 0 saturated carbocycles. The maximum absolute atomic E-state index is 11.7. The fraction of sp³-hybridized carbons (Fsp3) is 0.211. The van der Waals surface area contributed by atoms with E-state index in [1.807, 2.05) is 47.9 Å². The molecule has 112 valence electrons. The van der Waals surface area contributed by atoms with E-state index in [4.69, 9.17) is 4.74 Å². The van der Waals surface area contributed by atoms with Crippen molar-refractivity contribution in [3.63, 3.8) is 0 Å². The molecule has 0 aliphatic rings. The van der Waals surface area contributed by atoms with Gasteiger partial charge in [0.15, 0.2) is 6.29 Å². The summed E-state index contributed by atoms with van der Waals surface area (Å²) in [4.78, 5) is 11.7. The number of para-hydroxylation sites is 1. The van der Waals surface area contributed by atoms with E-state index in [0.29, 0.717) is 12.3 Å². The molecule has 22 heavy (non-hydrogen) atoms. The molecule has 3 rings (SSSR count). The summed E-state index contributed by atoms with van der Waals surface area (Å²) < 4.78 is 7.67. The molecule has 2 aromatic heterocycles. The van der Waals surface area contributed by atoms with Gasteiger partial charge in [-0.3, -0.25) is 4.79 Å². The Labute approximate surface area is 130 Å². The van der Waals surface area contributed by atoms with Gasteiger partial charge in [0.2, 0.25) is 0 Å². The molecule has 0 atom stereocenters. The lowest BCUT2D eigenvalue weighted by molar-refractivity contribution is 0.111. The first kappa shape index (κ1) is 14.4. The van der Waals surface area contributed by atoms with Gasteiger partial charge < -0.3 is 9.14 Å². The normalized spacial score (nSPS) is 10.8. The van der Waals surface area contributed by atoms with Gasteiger partial charge in [0.25, 0.3) is 0 Å². The van der Waals surface area contributed by atoms with Crippen LogP contribution in [-0.4, -0.2) is 17.3 Å². The van der Waals surface area contributed by atoms with Gasteiger partial charge in [-0.1, -0.05) is 31.2 Å². The van der Waals surface area contributed by atoms with Crippen LogP contribution in [0.2, 0.25) is 0 Å². The fourth-order valence-corrected chi connectivity index (χ4v) is 2.75. The Kier molecular flexibility index (Phi) is 3.96. The zero-order chi connectivity index (χ0) is 15.5. The van der Waals surface area contributed by atoms with E-state index >= 15 is 0 Å². The lowest BCUT2D eigenvalue weighted by Crippen LogP contribution is -1.97. The zero-order valence-corrected chi connectivity index (χ0v) is 12.9. The van der Waals surface area contributed by atoms with Gasteiger partial charge in [-0.05, 0) is 37.1 Å². The molecule has 3 aromatic rings. The van der Waals surface area contributed by atoms with Gasteiger partial charge in [-0.25, -0.2) is 0 Å². The van der Waals surface area contributed by atoms with E-state index in [-0.39, 0.29) is 0 Å². The Bertz CT molecular complexity index is 817. The number of rotatable bonds is 5. The first-order valence-electron chi connectivity index (χ1n) is 7.59. The molecular weight excluding hydrogens is 274 g/mol. The highest BCUT2D eigenvalue weighted by atomic mass is 16.5. The number of aryl methyl sites for hydroxylation is 1. The van der Waals surface area contributed by atoms with Crippen LogP contribution in [0.3, 0.4) is 0 Å². The maximum Gasteiger partial charge on any atom is 0.167 e. The van der Waals surface area contributed by atoms with Crippen molar-refractivity contribution in [2.24, 2.45) is 0 Å². The second kappa shape index (κ2) is 6.06. The average molecular weight is 293 g/mol. The molecule has 0 aliphatic carbocycles. The van der Waals surface area contributed by atoms with Crippen LogP contribution < -0.4 is 4.74 Å². The van der Waals surface area contributed by atoms with Crippen LogP contribution in [0, 0.1) is 0 Å². The van der Waals surface area contributed by atoms with E-state index < -0.39 is 0 Å². The molecule has 1 aromatic carbocycles. The molecule has 0 spiro atoms. The molecule has 0 bridgehead atoms. The third kappa shape index (κ3) is 2.39. The first-order chi connectivity index (χ1) is 10.8. The first-order valence-corrected chi connectivity index (χ1v) is 7.59. The number of hydrogen-bond donors (Lipinski definition) is 0. The SMILES string of the molecule is CCOc1ccccc1-c1cc2ccc(CC)cn2c1C=O. The highest BCUT2D eigenvalue weighted by Crippen LogP contribution is 2.34. The number of nitrogens with zero attached hydrogens (tertiary/aromatic N) is 1. The summed E-state index contributed by atoms with van der Waals surface area (Å²) in [6.45, 7) is 4.67. The van der Waals surface area contributed by atoms with Crippen molar-refractivity contribution < 1.29 is 9.53 Å². The van der Waals surface area contributed by atoms with Gasteiger partial charge in [0, 0.05) is 22.8 Å². The number of carbonyl (C=O) groups excluding carboxylic acids is 1. The van der Waals surface area contributed by atoms with E-state index in [1.165, 1.54) is 5.56 Å². The number of ether oxygens (including phenoxy) is 1. The van der Waals surface area contributed by atoms with Crippen molar-refractivity contribution in [3.8, 4) is 16.9 Å². The van der Waals surface area contributed by atoms with Crippen molar-refractivity contribution in [1.29, 1.82) is 0 Å². The van der Waals surface area contributed by atoms with Gasteiger partial charge in [-0.2, -0.15) is 0 Å². The third-order valence-electron chi connectivity index (χ3n) is 3.87. The predicted octanol–water partition coefficient (Wildman–Crippen LogP) is 4.38. The molecule has 0 aliphatic heterocycles. The molecule has 0 saturated heterocycles. The van der Waals surface area contributed by atoms with Crippen LogP contribution in [0.4, 0.5) is 0 Å². The maximum atomic E-state index is 11.7. The number of aldehydes is 1. The smallest absolute Gasteiger partial charge is 0.167 e. The zero-order valence-electron chi connectivity index (χ0n) is 12.9. The predicted molar refractivity (Wildman–Crippen MR) is 88.8 cm³/mol. The van der Waals surface area contributed by atoms with Crippen molar-refractivity contribution in [1.82, 2.24) is 4.40 Å². The number of benzene rings is 1. The van der Waals surface area contributed by atoms with Crippen molar-refractivity contribution in [3.05, 3.63) is 59.9 Å².